The molecule has 0 aromatic carbocycles. The van der Waals surface area contributed by atoms with E-state index >= 15 is 0 Å². The molecule has 0 spiro atoms. The second kappa shape index (κ2) is 6.88. The Balaban J connectivity index is 2.38. The van der Waals surface area contributed by atoms with Crippen molar-refractivity contribution in [2.24, 2.45) is 11.3 Å². The summed E-state index contributed by atoms with van der Waals surface area (Å²) in [5.74, 6) is 0.615. The van der Waals surface area contributed by atoms with Gasteiger partial charge in [-0.1, -0.05) is 34.6 Å². The second-order valence-electron chi connectivity index (χ2n) is 6.55. The van der Waals surface area contributed by atoms with Crippen molar-refractivity contribution in [1.29, 1.82) is 0 Å². The van der Waals surface area contributed by atoms with Crippen molar-refractivity contribution in [3.05, 3.63) is 0 Å². The van der Waals surface area contributed by atoms with Crippen LogP contribution in [0.5, 0.6) is 0 Å². The van der Waals surface area contributed by atoms with Gasteiger partial charge in [0.05, 0.1) is 12.7 Å². The Kier molecular flexibility index (Phi) is 6.09. The molecule has 108 valence electrons. The summed E-state index contributed by atoms with van der Waals surface area (Å²) in [6, 6.07) is 1.01. The average Bonchev–Trinajstić information content (AvgIpc) is 2.30. The Hall–Kier alpha value is -0.120. The molecule has 1 fully saturated rings. The largest absolute Gasteiger partial charge is 0.383 e. The minimum absolute atomic E-state index is 0.232. The molecular weight excluding hydrogens is 226 g/mol. The maximum Gasteiger partial charge on any atom is 0.0656 e. The first kappa shape index (κ1) is 15.9. The third kappa shape index (κ3) is 3.94. The number of nitrogens with one attached hydrogen (secondary N) is 1. The van der Waals surface area contributed by atoms with Crippen molar-refractivity contribution in [2.45, 2.75) is 65.6 Å². The van der Waals surface area contributed by atoms with Crippen LogP contribution in [0, 0.1) is 11.3 Å². The first-order valence-corrected chi connectivity index (χ1v) is 7.28. The Bertz CT molecular complexity index is 241. The van der Waals surface area contributed by atoms with E-state index in [4.69, 9.17) is 9.47 Å². The minimum Gasteiger partial charge on any atom is -0.383 e. The van der Waals surface area contributed by atoms with Gasteiger partial charge < -0.3 is 14.8 Å². The van der Waals surface area contributed by atoms with Crippen molar-refractivity contribution in [2.75, 3.05) is 20.3 Å². The summed E-state index contributed by atoms with van der Waals surface area (Å²) in [6.07, 6.45) is 2.63. The first-order chi connectivity index (χ1) is 8.41. The predicted molar refractivity (Wildman–Crippen MR) is 75.9 cm³/mol. The summed E-state index contributed by atoms with van der Waals surface area (Å²) in [5, 5.41) is 3.71. The van der Waals surface area contributed by atoms with Gasteiger partial charge in [0.15, 0.2) is 0 Å². The van der Waals surface area contributed by atoms with Crippen LogP contribution in [0.4, 0.5) is 0 Å². The summed E-state index contributed by atoms with van der Waals surface area (Å²) in [7, 11) is 1.77. The molecule has 1 aliphatic carbocycles. The van der Waals surface area contributed by atoms with E-state index in [0.717, 1.165) is 26.1 Å². The zero-order chi connectivity index (χ0) is 13.8. The fraction of sp³-hybridized carbons (Fsp3) is 1.00. The quantitative estimate of drug-likeness (QED) is 0.725. The maximum absolute atomic E-state index is 5.99. The van der Waals surface area contributed by atoms with Crippen LogP contribution in [0.25, 0.3) is 0 Å². The van der Waals surface area contributed by atoms with Crippen LogP contribution in [0.15, 0.2) is 0 Å². The van der Waals surface area contributed by atoms with Gasteiger partial charge in [-0.2, -0.15) is 0 Å². The lowest BCUT2D eigenvalue weighted by Gasteiger charge is -2.53. The molecule has 3 atom stereocenters. The fourth-order valence-corrected chi connectivity index (χ4v) is 2.53. The van der Waals surface area contributed by atoms with E-state index in [0.29, 0.717) is 24.1 Å². The molecule has 0 aromatic rings. The van der Waals surface area contributed by atoms with Crippen molar-refractivity contribution in [3.8, 4) is 0 Å². The van der Waals surface area contributed by atoms with Gasteiger partial charge in [-0.25, -0.2) is 0 Å². The molecule has 0 radical (unpaired) electrons. The maximum atomic E-state index is 5.99. The van der Waals surface area contributed by atoms with Crippen molar-refractivity contribution >= 4 is 0 Å². The smallest absolute Gasteiger partial charge is 0.0656 e. The molecule has 18 heavy (non-hydrogen) atoms. The van der Waals surface area contributed by atoms with Gasteiger partial charge in [-0.05, 0) is 18.8 Å². The third-order valence-electron chi connectivity index (χ3n) is 4.11. The van der Waals surface area contributed by atoms with Gasteiger partial charge in [0, 0.05) is 31.2 Å². The van der Waals surface area contributed by atoms with Crippen LogP contribution >= 0.6 is 0 Å². The molecule has 3 nitrogen and oxygen atoms in total. The number of hydrogen-bond donors (Lipinski definition) is 1. The van der Waals surface area contributed by atoms with Gasteiger partial charge in [-0.15, -0.1) is 0 Å². The van der Waals surface area contributed by atoms with Gasteiger partial charge >= 0.3 is 0 Å². The molecule has 1 N–H and O–H groups in total. The van der Waals surface area contributed by atoms with Gasteiger partial charge in [0.25, 0.3) is 0 Å². The van der Waals surface area contributed by atoms with Crippen LogP contribution in [0.1, 0.15) is 47.5 Å². The molecule has 0 saturated heterocycles. The molecule has 1 saturated carbocycles. The first-order valence-electron chi connectivity index (χ1n) is 7.28. The van der Waals surface area contributed by atoms with E-state index in [2.05, 4.69) is 39.9 Å². The molecule has 3 unspecified atom stereocenters. The van der Waals surface area contributed by atoms with Crippen molar-refractivity contribution < 1.29 is 9.47 Å². The Morgan fingerprint density at radius 2 is 1.94 bits per heavy atom. The standard InChI is InChI=1S/C15H31NO2/c1-7-12(10-17-6)16-13-8-14(15(13,4)5)18-9-11(2)3/h11-14,16H,7-10H2,1-6H3. The predicted octanol–water partition coefficient (Wildman–Crippen LogP) is 2.84. The van der Waals surface area contributed by atoms with E-state index in [-0.39, 0.29) is 5.41 Å². The van der Waals surface area contributed by atoms with E-state index < -0.39 is 0 Å². The topological polar surface area (TPSA) is 30.5 Å². The zero-order valence-electron chi connectivity index (χ0n) is 13.0. The lowest BCUT2D eigenvalue weighted by atomic mass is 9.64. The normalized spacial score (nSPS) is 28.2. The van der Waals surface area contributed by atoms with Crippen molar-refractivity contribution in [1.82, 2.24) is 5.32 Å². The van der Waals surface area contributed by atoms with Gasteiger partial charge in [0.2, 0.25) is 0 Å². The number of ether oxygens (including phenoxy) is 2. The molecule has 0 amide bonds. The van der Waals surface area contributed by atoms with Crippen LogP contribution in [-0.2, 0) is 9.47 Å². The summed E-state index contributed by atoms with van der Waals surface area (Å²) >= 11 is 0. The zero-order valence-corrected chi connectivity index (χ0v) is 13.0. The lowest BCUT2D eigenvalue weighted by molar-refractivity contribution is -0.127. The number of methoxy groups -OCH3 is 1. The number of rotatable bonds is 8. The highest BCUT2D eigenvalue weighted by Crippen LogP contribution is 2.43. The molecule has 0 aliphatic heterocycles. The fourth-order valence-electron chi connectivity index (χ4n) is 2.53. The average molecular weight is 257 g/mol. The number of hydrogen-bond acceptors (Lipinski definition) is 3. The minimum atomic E-state index is 0.232. The summed E-state index contributed by atoms with van der Waals surface area (Å²) in [5.41, 5.74) is 0.232. The van der Waals surface area contributed by atoms with E-state index in [9.17, 15) is 0 Å². The molecule has 1 rings (SSSR count). The highest BCUT2D eigenvalue weighted by atomic mass is 16.5. The molecule has 3 heteroatoms. The van der Waals surface area contributed by atoms with Crippen molar-refractivity contribution in [3.63, 3.8) is 0 Å². The third-order valence-corrected chi connectivity index (χ3v) is 4.11. The van der Waals surface area contributed by atoms with Gasteiger partial charge in [-0.3, -0.25) is 0 Å². The molecule has 0 aromatic heterocycles. The highest BCUT2D eigenvalue weighted by molar-refractivity contribution is 5.03. The van der Waals surface area contributed by atoms with E-state index in [1.165, 1.54) is 0 Å². The Morgan fingerprint density at radius 3 is 2.39 bits per heavy atom. The Labute approximate surface area is 113 Å². The highest BCUT2D eigenvalue weighted by Gasteiger charge is 2.49. The molecule has 1 aliphatic rings. The molecular formula is C15H31NO2. The molecule has 0 heterocycles. The summed E-state index contributed by atoms with van der Waals surface area (Å²) < 4.78 is 11.2. The van der Waals surface area contributed by atoms with E-state index in [1.807, 2.05) is 0 Å². The van der Waals surface area contributed by atoms with Crippen LogP contribution in [0.3, 0.4) is 0 Å². The second-order valence-corrected chi connectivity index (χ2v) is 6.55. The van der Waals surface area contributed by atoms with Crippen LogP contribution < -0.4 is 5.32 Å². The van der Waals surface area contributed by atoms with Crippen LogP contribution in [-0.4, -0.2) is 38.5 Å². The lowest BCUT2D eigenvalue weighted by Crippen LogP contribution is -2.63. The summed E-state index contributed by atoms with van der Waals surface area (Å²) in [4.78, 5) is 0. The molecule has 0 bridgehead atoms. The van der Waals surface area contributed by atoms with Gasteiger partial charge in [0.1, 0.15) is 0 Å². The summed E-state index contributed by atoms with van der Waals surface area (Å²) in [6.45, 7) is 12.9. The monoisotopic (exact) mass is 257 g/mol. The van der Waals surface area contributed by atoms with E-state index in [1.54, 1.807) is 7.11 Å². The Morgan fingerprint density at radius 1 is 1.28 bits per heavy atom. The SMILES string of the molecule is CCC(COC)NC1CC(OCC(C)C)C1(C)C. The van der Waals surface area contributed by atoms with Crippen LogP contribution in [0.2, 0.25) is 0 Å².